The molecule has 1 aliphatic heterocycles. The maximum Gasteiger partial charge on any atom is 0.416 e. The van der Waals surface area contributed by atoms with Gasteiger partial charge in [0.2, 0.25) is 0 Å². The summed E-state index contributed by atoms with van der Waals surface area (Å²) in [5.41, 5.74) is 0.756. The zero-order valence-electron chi connectivity index (χ0n) is 24.3. The van der Waals surface area contributed by atoms with Crippen LogP contribution in [0.1, 0.15) is 35.3 Å². The molecule has 8 nitrogen and oxygen atoms in total. The Kier molecular flexibility index (Phi) is 10.7. The van der Waals surface area contributed by atoms with Crippen molar-refractivity contribution in [1.82, 2.24) is 9.80 Å². The second kappa shape index (κ2) is 14.1. The Morgan fingerprint density at radius 1 is 1.07 bits per heavy atom. The molecule has 3 N–H and O–H groups in total. The summed E-state index contributed by atoms with van der Waals surface area (Å²) < 4.78 is 45.0. The third-order valence-electron chi connectivity index (χ3n) is 7.32. The van der Waals surface area contributed by atoms with Crippen molar-refractivity contribution in [2.75, 3.05) is 37.4 Å². The number of carbonyl (C=O) groups excluding carboxylic acids is 2. The first-order chi connectivity index (χ1) is 20.7. The molecule has 0 unspecified atom stereocenters. The Morgan fingerprint density at radius 2 is 1.73 bits per heavy atom. The summed E-state index contributed by atoms with van der Waals surface area (Å²) in [6.07, 6.45) is -4.83. The van der Waals surface area contributed by atoms with E-state index in [-0.39, 0.29) is 41.5 Å². The number of likely N-dealkylation sites (N-methyl/N-ethyl adjacent to an activating group) is 1. The molecule has 3 amide bonds. The van der Waals surface area contributed by atoms with Gasteiger partial charge in [-0.05, 0) is 74.1 Å². The van der Waals surface area contributed by atoms with Crippen LogP contribution in [0, 0.1) is 5.92 Å². The number of hydrogen-bond acceptors (Lipinski definition) is 5. The number of carbonyl (C=O) groups is 2. The Labute approximate surface area is 263 Å². The number of anilines is 2. The quantitative estimate of drug-likeness (QED) is 0.243. The van der Waals surface area contributed by atoms with Crippen molar-refractivity contribution in [2.24, 2.45) is 5.92 Å². The number of halogens is 5. The van der Waals surface area contributed by atoms with Crippen molar-refractivity contribution in [3.63, 3.8) is 0 Å². The normalized spacial score (nSPS) is 17.8. The molecule has 0 saturated carbocycles. The predicted octanol–water partition coefficient (Wildman–Crippen LogP) is 7.01. The zero-order valence-corrected chi connectivity index (χ0v) is 25.8. The van der Waals surface area contributed by atoms with Gasteiger partial charge in [0.1, 0.15) is 11.9 Å². The maximum atomic E-state index is 13.7. The highest BCUT2D eigenvalue weighted by Gasteiger charge is 2.34. The van der Waals surface area contributed by atoms with E-state index in [0.29, 0.717) is 35.4 Å². The van der Waals surface area contributed by atoms with Gasteiger partial charge in [-0.25, -0.2) is 4.79 Å². The molecule has 44 heavy (non-hydrogen) atoms. The van der Waals surface area contributed by atoms with E-state index >= 15 is 0 Å². The van der Waals surface area contributed by atoms with Crippen LogP contribution in [-0.4, -0.2) is 65.7 Å². The van der Waals surface area contributed by atoms with Gasteiger partial charge in [0.25, 0.3) is 5.91 Å². The monoisotopic (exact) mass is 652 g/mol. The first kappa shape index (κ1) is 33.4. The summed E-state index contributed by atoms with van der Waals surface area (Å²) in [5.74, 6) is -0.161. The average molecular weight is 654 g/mol. The van der Waals surface area contributed by atoms with Crippen molar-refractivity contribution in [3.8, 4) is 5.75 Å². The summed E-state index contributed by atoms with van der Waals surface area (Å²) in [6.45, 7) is 4.88. The largest absolute Gasteiger partial charge is 0.488 e. The van der Waals surface area contributed by atoms with Gasteiger partial charge < -0.3 is 25.4 Å². The molecule has 0 aromatic heterocycles. The molecule has 0 fully saturated rings. The highest BCUT2D eigenvalue weighted by Crippen LogP contribution is 2.32. The van der Waals surface area contributed by atoms with Gasteiger partial charge in [0, 0.05) is 36.9 Å². The summed E-state index contributed by atoms with van der Waals surface area (Å²) in [6, 6.07) is 12.9. The average Bonchev–Trinajstić information content (AvgIpc) is 2.96. The topological polar surface area (TPSA) is 94.1 Å². The van der Waals surface area contributed by atoms with Crippen molar-refractivity contribution in [3.05, 3.63) is 87.4 Å². The van der Waals surface area contributed by atoms with Crippen LogP contribution in [0.4, 0.5) is 29.3 Å². The van der Waals surface area contributed by atoms with Crippen molar-refractivity contribution < 1.29 is 32.6 Å². The van der Waals surface area contributed by atoms with Gasteiger partial charge in [-0.3, -0.25) is 9.69 Å². The molecule has 4 rings (SSSR count). The standard InChI is InChI=1S/C31H33Cl2F3N4O4/c1-18-14-40(19(2)17-41)29(42)24-13-23(38-30(43)37-22-7-5-21(6-8-22)31(34,35)36)9-11-27(24)44-28(18)16-39(3)15-20-4-10-25(32)26(33)12-20/h4-13,18-19,28,41H,14-17H2,1-3H3,(H2,37,38,43)/t18-,19-,28+/m1/s1. The molecule has 236 valence electrons. The summed E-state index contributed by atoms with van der Waals surface area (Å²) in [7, 11) is 1.94. The minimum atomic E-state index is -4.49. The Morgan fingerprint density at radius 3 is 2.36 bits per heavy atom. The van der Waals surface area contributed by atoms with E-state index in [4.69, 9.17) is 27.9 Å². The fourth-order valence-corrected chi connectivity index (χ4v) is 5.20. The van der Waals surface area contributed by atoms with Crippen LogP contribution in [0.3, 0.4) is 0 Å². The van der Waals surface area contributed by atoms with Gasteiger partial charge in [-0.2, -0.15) is 13.2 Å². The smallest absolute Gasteiger partial charge is 0.416 e. The molecule has 0 radical (unpaired) electrons. The number of nitrogens with zero attached hydrogens (tertiary/aromatic N) is 2. The lowest BCUT2D eigenvalue weighted by Gasteiger charge is -2.38. The highest BCUT2D eigenvalue weighted by molar-refractivity contribution is 6.42. The number of nitrogens with one attached hydrogen (secondary N) is 2. The van der Waals surface area contributed by atoms with E-state index < -0.39 is 23.8 Å². The molecule has 0 aliphatic carbocycles. The van der Waals surface area contributed by atoms with E-state index in [1.807, 2.05) is 26.1 Å². The molecule has 0 spiro atoms. The number of hydrogen-bond donors (Lipinski definition) is 3. The van der Waals surface area contributed by atoms with Gasteiger partial charge in [0.15, 0.2) is 0 Å². The third-order valence-corrected chi connectivity index (χ3v) is 8.06. The molecule has 13 heteroatoms. The number of fused-ring (bicyclic) bond motifs is 1. The van der Waals surface area contributed by atoms with E-state index in [2.05, 4.69) is 15.5 Å². The molecule has 1 aliphatic rings. The molecule has 3 aromatic rings. The number of ether oxygens (including phenoxy) is 1. The molecular formula is C31H33Cl2F3N4O4. The van der Waals surface area contributed by atoms with E-state index in [0.717, 1.165) is 29.8 Å². The summed E-state index contributed by atoms with van der Waals surface area (Å²) in [4.78, 5) is 30.0. The second-order valence-corrected chi connectivity index (χ2v) is 11.7. The number of amides is 3. The van der Waals surface area contributed by atoms with Crippen LogP contribution in [0.2, 0.25) is 10.0 Å². The van der Waals surface area contributed by atoms with Crippen LogP contribution >= 0.6 is 23.2 Å². The second-order valence-electron chi connectivity index (χ2n) is 10.9. The van der Waals surface area contributed by atoms with Crippen LogP contribution in [0.25, 0.3) is 0 Å². The fraction of sp³-hybridized carbons (Fsp3) is 0.355. The first-order valence-electron chi connectivity index (χ1n) is 13.9. The first-order valence-corrected chi connectivity index (χ1v) is 14.6. The number of aliphatic hydroxyl groups is 1. The maximum absolute atomic E-state index is 13.7. The zero-order chi connectivity index (χ0) is 32.2. The van der Waals surface area contributed by atoms with Gasteiger partial charge in [-0.15, -0.1) is 0 Å². The number of urea groups is 1. The van der Waals surface area contributed by atoms with Crippen molar-refractivity contribution in [2.45, 2.75) is 38.7 Å². The molecular weight excluding hydrogens is 620 g/mol. The van der Waals surface area contributed by atoms with Gasteiger partial charge in [0.05, 0.1) is 33.8 Å². The lowest BCUT2D eigenvalue weighted by molar-refractivity contribution is -0.137. The molecule has 0 bridgehead atoms. The van der Waals surface area contributed by atoms with E-state index in [9.17, 15) is 27.9 Å². The number of benzene rings is 3. The van der Waals surface area contributed by atoms with Crippen LogP contribution in [0.5, 0.6) is 5.75 Å². The minimum Gasteiger partial charge on any atom is -0.488 e. The van der Waals surface area contributed by atoms with Crippen molar-refractivity contribution in [1.29, 1.82) is 0 Å². The van der Waals surface area contributed by atoms with E-state index in [1.165, 1.54) is 6.07 Å². The van der Waals surface area contributed by atoms with E-state index in [1.54, 1.807) is 30.0 Å². The third kappa shape index (κ3) is 8.35. The highest BCUT2D eigenvalue weighted by atomic mass is 35.5. The summed E-state index contributed by atoms with van der Waals surface area (Å²) >= 11 is 12.2. The fourth-order valence-electron chi connectivity index (χ4n) is 4.88. The van der Waals surface area contributed by atoms with Crippen molar-refractivity contribution >= 4 is 46.5 Å². The van der Waals surface area contributed by atoms with Crippen LogP contribution in [-0.2, 0) is 12.7 Å². The Bertz CT molecular complexity index is 1490. The number of rotatable bonds is 8. The molecule has 3 atom stereocenters. The molecule has 1 heterocycles. The predicted molar refractivity (Wildman–Crippen MR) is 164 cm³/mol. The lowest BCUT2D eigenvalue weighted by Crippen LogP contribution is -2.49. The van der Waals surface area contributed by atoms with Crippen LogP contribution in [0.15, 0.2) is 60.7 Å². The van der Waals surface area contributed by atoms with Gasteiger partial charge >= 0.3 is 12.2 Å². The summed E-state index contributed by atoms with van der Waals surface area (Å²) in [5, 5.41) is 15.9. The Balaban J connectivity index is 1.53. The minimum absolute atomic E-state index is 0.107. The number of aliphatic hydroxyl groups excluding tert-OH is 1. The molecule has 0 saturated heterocycles. The lowest BCUT2D eigenvalue weighted by atomic mass is 9.99. The Hall–Kier alpha value is -3.51. The molecule has 3 aromatic carbocycles. The number of alkyl halides is 3. The SMILES string of the molecule is C[C@@H]1CN([C@H](C)CO)C(=O)c2cc(NC(=O)Nc3ccc(C(F)(F)F)cc3)ccc2O[C@H]1CN(C)Cc1ccc(Cl)c(Cl)c1. The van der Waals surface area contributed by atoms with Crippen LogP contribution < -0.4 is 15.4 Å². The van der Waals surface area contributed by atoms with Gasteiger partial charge in [-0.1, -0.05) is 36.2 Å².